The minimum absolute atomic E-state index is 0.0358. The number of rotatable bonds is 4. The van der Waals surface area contributed by atoms with Gasteiger partial charge in [-0.2, -0.15) is 26.3 Å². The Morgan fingerprint density at radius 1 is 0.562 bits per heavy atom. The monoisotopic (exact) mass is 488 g/mol. The molecule has 0 radical (unpaired) electrons. The highest BCUT2D eigenvalue weighted by atomic mass is 35.5. The molecule has 0 fully saturated rings. The third kappa shape index (κ3) is 6.11. The molecule has 3 rings (SSSR count). The highest BCUT2D eigenvalue weighted by Gasteiger charge is 2.31. The van der Waals surface area contributed by atoms with E-state index >= 15 is 0 Å². The van der Waals surface area contributed by atoms with Gasteiger partial charge in [-0.25, -0.2) is 0 Å². The van der Waals surface area contributed by atoms with Crippen LogP contribution in [0.2, 0.25) is 10.0 Å². The summed E-state index contributed by atoms with van der Waals surface area (Å²) >= 11 is 11.8. The number of benzene rings is 3. The van der Waals surface area contributed by atoms with Gasteiger partial charge in [-0.15, -0.1) is 0 Å². The molecule has 0 aliphatic rings. The summed E-state index contributed by atoms with van der Waals surface area (Å²) in [7, 11) is 0. The maximum Gasteiger partial charge on any atom is 0.416 e. The second kappa shape index (κ2) is 9.34. The molecule has 3 aromatic rings. The first kappa shape index (κ1) is 23.8. The molecule has 2 nitrogen and oxygen atoms in total. The molecule has 0 spiro atoms. The quantitative estimate of drug-likeness (QED) is 0.259. The van der Waals surface area contributed by atoms with Crippen molar-refractivity contribution in [2.45, 2.75) is 12.4 Å². The first-order valence-corrected chi connectivity index (χ1v) is 9.61. The van der Waals surface area contributed by atoms with Crippen LogP contribution in [-0.4, -0.2) is 12.4 Å². The van der Waals surface area contributed by atoms with Crippen molar-refractivity contribution in [2.75, 3.05) is 0 Å². The van der Waals surface area contributed by atoms with Crippen LogP contribution in [0.3, 0.4) is 0 Å². The molecule has 32 heavy (non-hydrogen) atoms. The van der Waals surface area contributed by atoms with Crippen molar-refractivity contribution in [3.63, 3.8) is 0 Å². The van der Waals surface area contributed by atoms with E-state index in [1.165, 1.54) is 12.4 Å². The Balaban J connectivity index is 1.77. The van der Waals surface area contributed by atoms with Crippen LogP contribution in [0.5, 0.6) is 0 Å². The Morgan fingerprint density at radius 3 is 1.22 bits per heavy atom. The number of nitrogens with zero attached hydrogens (tertiary/aromatic N) is 2. The van der Waals surface area contributed by atoms with Crippen molar-refractivity contribution in [3.05, 3.63) is 93.0 Å². The van der Waals surface area contributed by atoms with Gasteiger partial charge in [0.25, 0.3) is 0 Å². The lowest BCUT2D eigenvalue weighted by molar-refractivity contribution is -0.138. The molecule has 0 aliphatic carbocycles. The SMILES string of the molecule is FC(F)(F)c1ccc(Cl)c(N=Cc2ccc(C=Nc3cc(C(F)(F)F)ccc3Cl)cc2)c1. The number of alkyl halides is 6. The average molecular weight is 489 g/mol. The van der Waals surface area contributed by atoms with Gasteiger partial charge < -0.3 is 0 Å². The molecule has 0 aromatic heterocycles. The highest BCUT2D eigenvalue weighted by molar-refractivity contribution is 6.33. The van der Waals surface area contributed by atoms with Crippen LogP contribution in [0.4, 0.5) is 37.7 Å². The summed E-state index contributed by atoms with van der Waals surface area (Å²) in [5.41, 5.74) is -0.680. The van der Waals surface area contributed by atoms with Gasteiger partial charge in [0.2, 0.25) is 0 Å². The predicted octanol–water partition coefficient (Wildman–Crippen LogP) is 8.53. The lowest BCUT2D eigenvalue weighted by atomic mass is 10.1. The van der Waals surface area contributed by atoms with Crippen molar-refractivity contribution in [2.24, 2.45) is 9.98 Å². The molecule has 0 saturated carbocycles. The molecular formula is C22H12Cl2F6N2. The molecule has 0 aliphatic heterocycles. The van der Waals surface area contributed by atoms with Crippen LogP contribution in [0.15, 0.2) is 70.6 Å². The number of hydrogen-bond donors (Lipinski definition) is 0. The van der Waals surface area contributed by atoms with E-state index in [0.29, 0.717) is 11.1 Å². The normalized spacial score (nSPS) is 12.8. The van der Waals surface area contributed by atoms with Crippen molar-refractivity contribution < 1.29 is 26.3 Å². The van der Waals surface area contributed by atoms with E-state index in [1.807, 2.05) is 0 Å². The van der Waals surface area contributed by atoms with E-state index in [0.717, 1.165) is 36.4 Å². The highest BCUT2D eigenvalue weighted by Crippen LogP contribution is 2.36. The minimum atomic E-state index is -4.52. The van der Waals surface area contributed by atoms with Gasteiger partial charge in [0.05, 0.1) is 32.5 Å². The predicted molar refractivity (Wildman–Crippen MR) is 114 cm³/mol. The van der Waals surface area contributed by atoms with Crippen molar-refractivity contribution in [1.29, 1.82) is 0 Å². The molecule has 0 atom stereocenters. The Morgan fingerprint density at radius 2 is 0.906 bits per heavy atom. The van der Waals surface area contributed by atoms with E-state index in [4.69, 9.17) is 23.2 Å². The van der Waals surface area contributed by atoms with E-state index < -0.39 is 23.5 Å². The molecule has 3 aromatic carbocycles. The van der Waals surface area contributed by atoms with Gasteiger partial charge in [0.15, 0.2) is 0 Å². The summed E-state index contributed by atoms with van der Waals surface area (Å²) in [5, 5.41) is 0.131. The summed E-state index contributed by atoms with van der Waals surface area (Å²) in [6, 6.07) is 12.1. The fourth-order valence-electron chi connectivity index (χ4n) is 2.53. The second-order valence-electron chi connectivity index (χ2n) is 6.51. The zero-order valence-electron chi connectivity index (χ0n) is 15.8. The largest absolute Gasteiger partial charge is 0.416 e. The molecule has 10 heteroatoms. The van der Waals surface area contributed by atoms with Gasteiger partial charge in [-0.05, 0) is 47.5 Å². The van der Waals surface area contributed by atoms with Crippen LogP contribution in [0.1, 0.15) is 22.3 Å². The topological polar surface area (TPSA) is 24.7 Å². The third-order valence-electron chi connectivity index (χ3n) is 4.19. The molecule has 0 bridgehead atoms. The number of hydrogen-bond acceptors (Lipinski definition) is 2. The zero-order chi connectivity index (χ0) is 23.5. The van der Waals surface area contributed by atoms with Crippen LogP contribution < -0.4 is 0 Å². The van der Waals surface area contributed by atoms with E-state index in [1.54, 1.807) is 24.3 Å². The molecule has 0 heterocycles. The van der Waals surface area contributed by atoms with Crippen molar-refractivity contribution in [1.82, 2.24) is 0 Å². The standard InChI is InChI=1S/C22H12Cl2F6N2/c23-17-7-5-15(21(25,26)27)9-19(17)31-11-13-1-2-14(4-3-13)12-32-20-10-16(22(28,29)30)6-8-18(20)24/h1-12H. The van der Waals surface area contributed by atoms with Gasteiger partial charge in [0.1, 0.15) is 0 Å². The fraction of sp³-hybridized carbons (Fsp3) is 0.0909. The minimum Gasteiger partial charge on any atom is -0.255 e. The second-order valence-corrected chi connectivity index (χ2v) is 7.33. The van der Waals surface area contributed by atoms with Crippen LogP contribution in [0, 0.1) is 0 Å². The number of aliphatic imine (C=N–C) groups is 2. The first-order chi connectivity index (χ1) is 14.9. The van der Waals surface area contributed by atoms with Crippen LogP contribution in [-0.2, 0) is 12.4 Å². The lowest BCUT2D eigenvalue weighted by Gasteiger charge is -2.08. The van der Waals surface area contributed by atoms with Gasteiger partial charge in [-0.1, -0.05) is 47.5 Å². The Hall–Kier alpha value is -2.84. The molecule has 0 saturated heterocycles. The Bertz CT molecular complexity index is 1070. The van der Waals surface area contributed by atoms with Crippen LogP contribution >= 0.6 is 23.2 Å². The maximum absolute atomic E-state index is 12.8. The smallest absolute Gasteiger partial charge is 0.255 e. The first-order valence-electron chi connectivity index (χ1n) is 8.85. The van der Waals surface area contributed by atoms with Gasteiger partial charge in [-0.3, -0.25) is 9.98 Å². The summed E-state index contributed by atoms with van der Waals surface area (Å²) < 4.78 is 77.0. The van der Waals surface area contributed by atoms with Crippen molar-refractivity contribution in [3.8, 4) is 0 Å². The molecule has 0 N–H and O–H groups in total. The Kier molecular flexibility index (Phi) is 6.95. The van der Waals surface area contributed by atoms with Crippen LogP contribution in [0.25, 0.3) is 0 Å². The lowest BCUT2D eigenvalue weighted by Crippen LogP contribution is -2.04. The summed E-state index contributed by atoms with van der Waals surface area (Å²) in [6.07, 6.45) is -6.35. The maximum atomic E-state index is 12.8. The van der Waals surface area contributed by atoms with Gasteiger partial charge >= 0.3 is 12.4 Å². The average Bonchev–Trinajstić information content (AvgIpc) is 2.71. The van der Waals surface area contributed by atoms with Crippen molar-refractivity contribution >= 4 is 47.0 Å². The molecule has 0 unspecified atom stereocenters. The van der Waals surface area contributed by atoms with Gasteiger partial charge in [0, 0.05) is 12.4 Å². The summed E-state index contributed by atoms with van der Waals surface area (Å²) in [5.74, 6) is 0. The zero-order valence-corrected chi connectivity index (χ0v) is 17.4. The molecular weight excluding hydrogens is 477 g/mol. The summed E-state index contributed by atoms with van der Waals surface area (Å²) in [4.78, 5) is 8.01. The Labute approximate surface area is 188 Å². The van der Waals surface area contributed by atoms with E-state index in [9.17, 15) is 26.3 Å². The van der Waals surface area contributed by atoms with E-state index in [2.05, 4.69) is 9.98 Å². The number of halogens is 8. The third-order valence-corrected chi connectivity index (χ3v) is 4.83. The summed E-state index contributed by atoms with van der Waals surface area (Å²) in [6.45, 7) is 0. The molecule has 0 amide bonds. The molecule has 166 valence electrons. The van der Waals surface area contributed by atoms with E-state index in [-0.39, 0.29) is 21.4 Å². The fourth-order valence-corrected chi connectivity index (χ4v) is 2.86.